The molecule has 0 aliphatic heterocycles. The molecule has 184 valence electrons. The minimum Gasteiger partial charge on any atom is -0.481 e. The zero-order valence-corrected chi connectivity index (χ0v) is 20.9. The first-order valence-corrected chi connectivity index (χ1v) is 11.8. The molecule has 0 fully saturated rings. The molecule has 3 rings (SSSR count). The molecule has 1 aromatic carbocycles. The van der Waals surface area contributed by atoms with E-state index in [2.05, 4.69) is 10.3 Å². The van der Waals surface area contributed by atoms with Crippen LogP contribution in [0.4, 0.5) is 0 Å². The largest absolute Gasteiger partial charge is 0.481 e. The Bertz CT molecular complexity index is 1260. The van der Waals surface area contributed by atoms with Gasteiger partial charge in [-0.2, -0.15) is 0 Å². The fourth-order valence-electron chi connectivity index (χ4n) is 4.35. The predicted octanol–water partition coefficient (Wildman–Crippen LogP) is 4.75. The summed E-state index contributed by atoms with van der Waals surface area (Å²) in [4.78, 5) is 42.3. The number of aromatic nitrogens is 2. The van der Waals surface area contributed by atoms with Crippen molar-refractivity contribution in [3.05, 3.63) is 87.5 Å². The van der Waals surface area contributed by atoms with Crippen molar-refractivity contribution in [3.63, 3.8) is 0 Å². The monoisotopic (exact) mass is 475 g/mol. The van der Waals surface area contributed by atoms with Crippen LogP contribution in [0.5, 0.6) is 0 Å². The highest BCUT2D eigenvalue weighted by atomic mass is 16.4. The lowest BCUT2D eigenvalue weighted by molar-refractivity contribution is -0.138. The molecule has 2 atom stereocenters. The molecule has 0 saturated carbocycles. The number of nitrogens with zero attached hydrogens (tertiary/aromatic N) is 2. The second-order valence-corrected chi connectivity index (χ2v) is 9.50. The molecule has 1 amide bonds. The summed E-state index contributed by atoms with van der Waals surface area (Å²) in [6.07, 6.45) is 3.41. The molecule has 2 aromatic heterocycles. The predicted molar refractivity (Wildman–Crippen MR) is 136 cm³/mol. The number of rotatable bonds is 9. The van der Waals surface area contributed by atoms with Gasteiger partial charge in [-0.1, -0.05) is 32.0 Å². The van der Waals surface area contributed by atoms with Crippen LogP contribution in [0.3, 0.4) is 0 Å². The number of hydrogen-bond acceptors (Lipinski definition) is 4. The molecule has 2 N–H and O–H groups in total. The van der Waals surface area contributed by atoms with Gasteiger partial charge in [0.25, 0.3) is 5.56 Å². The summed E-state index contributed by atoms with van der Waals surface area (Å²) >= 11 is 0. The number of hydrogen-bond donors (Lipinski definition) is 2. The van der Waals surface area contributed by atoms with Crippen molar-refractivity contribution in [2.75, 3.05) is 0 Å². The lowest BCUT2D eigenvalue weighted by Gasteiger charge is -2.25. The molecule has 0 spiro atoms. The lowest BCUT2D eigenvalue weighted by atomic mass is 9.96. The highest BCUT2D eigenvalue weighted by Gasteiger charge is 2.27. The van der Waals surface area contributed by atoms with Crippen molar-refractivity contribution in [3.8, 4) is 11.3 Å². The summed E-state index contributed by atoms with van der Waals surface area (Å²) in [5.41, 5.74) is 5.02. The van der Waals surface area contributed by atoms with Crippen LogP contribution in [-0.2, 0) is 9.59 Å². The molecule has 0 aliphatic rings. The summed E-state index contributed by atoms with van der Waals surface area (Å²) < 4.78 is 1.43. The van der Waals surface area contributed by atoms with Gasteiger partial charge in [-0.15, -0.1) is 0 Å². The van der Waals surface area contributed by atoms with Gasteiger partial charge in [-0.3, -0.25) is 19.4 Å². The van der Waals surface area contributed by atoms with Gasteiger partial charge in [0.2, 0.25) is 5.91 Å². The number of carboxylic acid groups (broad SMARTS) is 1. The Kier molecular flexibility index (Phi) is 8.22. The van der Waals surface area contributed by atoms with Crippen LogP contribution in [0.1, 0.15) is 61.0 Å². The third-order valence-electron chi connectivity index (χ3n) is 6.06. The average Bonchev–Trinajstić information content (AvgIpc) is 2.77. The maximum Gasteiger partial charge on any atom is 0.305 e. The number of carbonyl (C=O) groups is 2. The number of aliphatic carboxylic acids is 1. The first-order chi connectivity index (χ1) is 16.6. The Morgan fingerprint density at radius 2 is 1.74 bits per heavy atom. The molecule has 0 radical (unpaired) electrons. The maximum atomic E-state index is 13.5. The Morgan fingerprint density at radius 3 is 2.34 bits per heavy atom. The number of pyridine rings is 2. The van der Waals surface area contributed by atoms with E-state index < -0.39 is 18.1 Å². The van der Waals surface area contributed by atoms with E-state index in [9.17, 15) is 19.5 Å². The Balaban J connectivity index is 1.98. The Hall–Kier alpha value is -3.74. The first-order valence-electron chi connectivity index (χ1n) is 11.8. The van der Waals surface area contributed by atoms with Crippen molar-refractivity contribution in [1.82, 2.24) is 14.9 Å². The standard InChI is InChI=1S/C28H33N3O4/c1-17(2)13-24(31-12-10-18(3)14-25(31)32)28(35)30-22(16-26(33)34)21-9-11-29-23(15-21)27-19(4)7-6-8-20(27)5/h6-12,14-15,17,22,24H,13,16H2,1-5H3,(H,30,35)(H,33,34)/t22-,24?/m1/s1. The number of amides is 1. The Morgan fingerprint density at radius 1 is 1.06 bits per heavy atom. The summed E-state index contributed by atoms with van der Waals surface area (Å²) in [7, 11) is 0. The van der Waals surface area contributed by atoms with Gasteiger partial charge in [0.15, 0.2) is 0 Å². The first kappa shape index (κ1) is 25.9. The van der Waals surface area contributed by atoms with Gasteiger partial charge in [-0.25, -0.2) is 0 Å². The number of nitrogens with one attached hydrogen (secondary N) is 1. The lowest BCUT2D eigenvalue weighted by Crippen LogP contribution is -2.40. The number of aryl methyl sites for hydroxylation is 3. The molecule has 0 saturated heterocycles. The Labute approximate surface area is 205 Å². The van der Waals surface area contributed by atoms with Gasteiger partial charge in [0.1, 0.15) is 6.04 Å². The van der Waals surface area contributed by atoms with Crippen LogP contribution in [0, 0.1) is 26.7 Å². The molecule has 0 bridgehead atoms. The molecule has 3 aromatic rings. The summed E-state index contributed by atoms with van der Waals surface area (Å²) in [5, 5.41) is 12.5. The average molecular weight is 476 g/mol. The van der Waals surface area contributed by atoms with E-state index in [0.29, 0.717) is 12.0 Å². The van der Waals surface area contributed by atoms with Gasteiger partial charge < -0.3 is 15.0 Å². The van der Waals surface area contributed by atoms with Gasteiger partial charge in [0.05, 0.1) is 18.2 Å². The molecule has 7 nitrogen and oxygen atoms in total. The van der Waals surface area contributed by atoms with E-state index >= 15 is 0 Å². The van der Waals surface area contributed by atoms with Crippen molar-refractivity contribution in [1.29, 1.82) is 0 Å². The number of carbonyl (C=O) groups excluding carboxylic acids is 1. The maximum absolute atomic E-state index is 13.5. The van der Waals surface area contributed by atoms with Crippen LogP contribution < -0.4 is 10.9 Å². The van der Waals surface area contributed by atoms with E-state index in [1.54, 1.807) is 24.5 Å². The van der Waals surface area contributed by atoms with Crippen molar-refractivity contribution < 1.29 is 14.7 Å². The number of carboxylic acids is 1. The summed E-state index contributed by atoms with van der Waals surface area (Å²) in [5.74, 6) is -1.27. The summed E-state index contributed by atoms with van der Waals surface area (Å²) in [6, 6.07) is 11.3. The molecule has 35 heavy (non-hydrogen) atoms. The van der Waals surface area contributed by atoms with E-state index in [0.717, 1.165) is 27.9 Å². The van der Waals surface area contributed by atoms with Crippen molar-refractivity contribution in [2.45, 2.75) is 59.5 Å². The highest BCUT2D eigenvalue weighted by Crippen LogP contribution is 2.29. The van der Waals surface area contributed by atoms with Crippen LogP contribution >= 0.6 is 0 Å². The topological polar surface area (TPSA) is 101 Å². The van der Waals surface area contributed by atoms with E-state index in [1.807, 2.05) is 58.9 Å². The van der Waals surface area contributed by atoms with Gasteiger partial charge in [0, 0.05) is 24.0 Å². The minimum atomic E-state index is -1.03. The second kappa shape index (κ2) is 11.1. The van der Waals surface area contributed by atoms with Crippen LogP contribution in [0.25, 0.3) is 11.3 Å². The molecular formula is C28H33N3O4. The van der Waals surface area contributed by atoms with Crippen LogP contribution in [0.2, 0.25) is 0 Å². The van der Waals surface area contributed by atoms with Crippen molar-refractivity contribution >= 4 is 11.9 Å². The van der Waals surface area contributed by atoms with E-state index in [-0.39, 0.29) is 23.8 Å². The normalized spacial score (nSPS) is 12.9. The quantitative estimate of drug-likeness (QED) is 0.465. The third kappa shape index (κ3) is 6.44. The zero-order valence-electron chi connectivity index (χ0n) is 20.9. The molecule has 2 heterocycles. The SMILES string of the molecule is Cc1ccn(C(CC(C)C)C(=O)N[C@H](CC(=O)O)c2ccnc(-c3c(C)cccc3C)c2)c(=O)c1. The van der Waals surface area contributed by atoms with Crippen molar-refractivity contribution in [2.24, 2.45) is 5.92 Å². The van der Waals surface area contributed by atoms with Crippen LogP contribution in [0.15, 0.2) is 59.7 Å². The molecule has 0 aliphatic carbocycles. The van der Waals surface area contributed by atoms with Crippen LogP contribution in [-0.4, -0.2) is 26.5 Å². The highest BCUT2D eigenvalue weighted by molar-refractivity contribution is 5.81. The van der Waals surface area contributed by atoms with Gasteiger partial charge >= 0.3 is 5.97 Å². The van der Waals surface area contributed by atoms with E-state index in [4.69, 9.17) is 0 Å². The smallest absolute Gasteiger partial charge is 0.305 e. The number of benzene rings is 1. The summed E-state index contributed by atoms with van der Waals surface area (Å²) in [6.45, 7) is 9.79. The zero-order chi connectivity index (χ0) is 25.7. The molecule has 1 unspecified atom stereocenters. The van der Waals surface area contributed by atoms with E-state index in [1.165, 1.54) is 10.6 Å². The molecular weight excluding hydrogens is 442 g/mol. The fraction of sp³-hybridized carbons (Fsp3) is 0.357. The third-order valence-corrected chi connectivity index (χ3v) is 6.06. The molecule has 7 heteroatoms. The minimum absolute atomic E-state index is 0.147. The second-order valence-electron chi connectivity index (χ2n) is 9.50. The fourth-order valence-corrected chi connectivity index (χ4v) is 4.35. The van der Waals surface area contributed by atoms with Gasteiger partial charge in [-0.05, 0) is 73.6 Å².